The summed E-state index contributed by atoms with van der Waals surface area (Å²) in [7, 11) is 0. The lowest BCUT2D eigenvalue weighted by atomic mass is 9.98. The van der Waals surface area contributed by atoms with Crippen LogP contribution in [0.5, 0.6) is 0 Å². The van der Waals surface area contributed by atoms with Crippen LogP contribution in [0, 0.1) is 11.8 Å². The lowest BCUT2D eigenvalue weighted by Gasteiger charge is -2.32. The van der Waals surface area contributed by atoms with Gasteiger partial charge in [0.15, 0.2) is 0 Å². The fraction of sp³-hybridized carbons (Fsp3) is 0.457. The van der Waals surface area contributed by atoms with Crippen molar-refractivity contribution in [2.24, 2.45) is 11.8 Å². The van der Waals surface area contributed by atoms with Crippen LogP contribution in [0.25, 0.3) is 10.8 Å². The van der Waals surface area contributed by atoms with Crippen LogP contribution in [-0.2, 0) is 30.5 Å². The molecule has 0 spiro atoms. The maximum absolute atomic E-state index is 14.2. The molecule has 250 valence electrons. The van der Waals surface area contributed by atoms with Gasteiger partial charge in [0, 0.05) is 25.4 Å². The van der Waals surface area contributed by atoms with Crippen LogP contribution in [0.3, 0.4) is 0 Å². The maximum atomic E-state index is 14.2. The molecule has 4 amide bonds. The average Bonchev–Trinajstić information content (AvgIpc) is 3.51. The zero-order valence-electron chi connectivity index (χ0n) is 27.5. The number of amides is 4. The third kappa shape index (κ3) is 8.76. The Morgan fingerprint density at radius 3 is 2.34 bits per heavy atom. The minimum absolute atomic E-state index is 0.0589. The molecule has 4 rings (SSSR count). The van der Waals surface area contributed by atoms with Gasteiger partial charge in [-0.1, -0.05) is 77.1 Å². The van der Waals surface area contributed by atoms with E-state index in [-0.39, 0.29) is 37.1 Å². The molecule has 1 aliphatic heterocycles. The average molecular weight is 645 g/mol. The Morgan fingerprint density at radius 2 is 1.68 bits per heavy atom. The summed E-state index contributed by atoms with van der Waals surface area (Å²) in [5.74, 6) is -2.69. The summed E-state index contributed by atoms with van der Waals surface area (Å²) in [4.78, 5) is 74.9. The number of hydrogen-bond donors (Lipinski definition) is 3. The Bertz CT molecular complexity index is 1560. The molecule has 2 aromatic carbocycles. The molecular formula is C35H44N6O6. The predicted molar refractivity (Wildman–Crippen MR) is 176 cm³/mol. The molecule has 2 heterocycles. The Balaban J connectivity index is 1.53. The smallest absolute Gasteiger partial charge is 0.272 e. The van der Waals surface area contributed by atoms with E-state index in [1.807, 2.05) is 42.5 Å². The molecule has 12 heteroatoms. The number of carbonyl (C=O) groups is 5. The topological polar surface area (TPSA) is 160 Å². The van der Waals surface area contributed by atoms with E-state index in [4.69, 9.17) is 4.74 Å². The van der Waals surface area contributed by atoms with Crippen molar-refractivity contribution in [1.29, 1.82) is 0 Å². The number of fused-ring (bicyclic) bond motifs is 1. The number of nitrogens with one attached hydrogen (secondary N) is 3. The summed E-state index contributed by atoms with van der Waals surface area (Å²) in [6.45, 7) is 9.34. The van der Waals surface area contributed by atoms with E-state index in [2.05, 4.69) is 25.9 Å². The van der Waals surface area contributed by atoms with Crippen LogP contribution >= 0.6 is 0 Å². The molecule has 3 N–H and O–H groups in total. The lowest BCUT2D eigenvalue weighted by molar-refractivity contribution is -0.143. The molecule has 47 heavy (non-hydrogen) atoms. The van der Waals surface area contributed by atoms with Crippen molar-refractivity contribution in [3.63, 3.8) is 0 Å². The van der Waals surface area contributed by atoms with Gasteiger partial charge in [0.25, 0.3) is 5.91 Å². The van der Waals surface area contributed by atoms with E-state index in [1.54, 1.807) is 34.6 Å². The molecule has 12 nitrogen and oxygen atoms in total. The predicted octanol–water partition coefficient (Wildman–Crippen LogP) is 2.81. The number of aromatic nitrogens is 2. The van der Waals surface area contributed by atoms with Gasteiger partial charge in [-0.3, -0.25) is 24.2 Å². The van der Waals surface area contributed by atoms with Gasteiger partial charge in [-0.15, -0.1) is 0 Å². The van der Waals surface area contributed by atoms with Gasteiger partial charge in [0.05, 0.1) is 24.9 Å². The first-order chi connectivity index (χ1) is 22.5. The van der Waals surface area contributed by atoms with Crippen molar-refractivity contribution in [1.82, 2.24) is 30.8 Å². The van der Waals surface area contributed by atoms with Gasteiger partial charge in [0.1, 0.15) is 30.1 Å². The molecule has 1 fully saturated rings. The van der Waals surface area contributed by atoms with Crippen LogP contribution in [0.4, 0.5) is 0 Å². The number of rotatable bonds is 14. The molecule has 3 aromatic rings. The van der Waals surface area contributed by atoms with Gasteiger partial charge in [-0.2, -0.15) is 0 Å². The molecule has 0 aliphatic carbocycles. The van der Waals surface area contributed by atoms with Gasteiger partial charge in [-0.25, -0.2) is 4.98 Å². The van der Waals surface area contributed by atoms with Gasteiger partial charge in [0.2, 0.25) is 17.7 Å². The molecule has 0 radical (unpaired) electrons. The standard InChI is InChI=1S/C35H44N6O6/c1-6-25(19-42)38-33(44)29-16-26(47-20-24-12-9-11-23-10-7-8-13-27(23)24)18-41(29)35(46)31(22(4)5)40-34(45)30(21(2)3)39-32(43)28-17-36-14-15-37-28/h7-15,17,19,21-22,25-26,29-31H,6,16,18,20H2,1-5H3,(H,38,44)(H,39,43)(H,40,45)/t25?,26-,29+,30-,31-/m1/s1. The van der Waals surface area contributed by atoms with Gasteiger partial charge >= 0.3 is 0 Å². The zero-order valence-corrected chi connectivity index (χ0v) is 27.5. The summed E-state index contributed by atoms with van der Waals surface area (Å²) in [5.41, 5.74) is 1.04. The van der Waals surface area contributed by atoms with E-state index in [0.717, 1.165) is 16.3 Å². The lowest BCUT2D eigenvalue weighted by Crippen LogP contribution is -2.59. The molecule has 1 unspecified atom stereocenters. The second kappa shape index (κ2) is 16.2. The first-order valence-corrected chi connectivity index (χ1v) is 16.1. The second-order valence-electron chi connectivity index (χ2n) is 12.5. The highest BCUT2D eigenvalue weighted by Crippen LogP contribution is 2.26. The summed E-state index contributed by atoms with van der Waals surface area (Å²) in [6.07, 6.45) is 4.95. The van der Waals surface area contributed by atoms with Crippen LogP contribution in [0.15, 0.2) is 61.1 Å². The first kappa shape index (κ1) is 35.1. The van der Waals surface area contributed by atoms with E-state index >= 15 is 0 Å². The van der Waals surface area contributed by atoms with Crippen molar-refractivity contribution in [3.05, 3.63) is 72.3 Å². The minimum atomic E-state index is -1.00. The summed E-state index contributed by atoms with van der Waals surface area (Å²) in [5, 5.41) is 10.4. The minimum Gasteiger partial charge on any atom is -0.372 e. The Morgan fingerprint density at radius 1 is 0.957 bits per heavy atom. The summed E-state index contributed by atoms with van der Waals surface area (Å²) in [6, 6.07) is 10.4. The molecule has 1 saturated heterocycles. The molecular weight excluding hydrogens is 600 g/mol. The monoisotopic (exact) mass is 644 g/mol. The van der Waals surface area contributed by atoms with Gasteiger partial charge in [-0.05, 0) is 34.6 Å². The number of nitrogens with zero attached hydrogens (tertiary/aromatic N) is 3. The molecule has 1 aliphatic rings. The van der Waals surface area contributed by atoms with E-state index in [9.17, 15) is 24.0 Å². The largest absolute Gasteiger partial charge is 0.372 e. The number of ether oxygens (including phenoxy) is 1. The fourth-order valence-corrected chi connectivity index (χ4v) is 5.65. The zero-order chi connectivity index (χ0) is 34.1. The van der Waals surface area contributed by atoms with Crippen LogP contribution < -0.4 is 16.0 Å². The van der Waals surface area contributed by atoms with Crippen molar-refractivity contribution in [2.45, 2.75) is 84.3 Å². The number of aldehydes is 1. The highest BCUT2D eigenvalue weighted by molar-refractivity contribution is 5.98. The van der Waals surface area contributed by atoms with Crippen molar-refractivity contribution in [2.75, 3.05) is 6.54 Å². The third-order valence-electron chi connectivity index (χ3n) is 8.40. The van der Waals surface area contributed by atoms with E-state index in [0.29, 0.717) is 12.7 Å². The normalized spacial score (nSPS) is 18.1. The number of hydrogen-bond acceptors (Lipinski definition) is 8. The Hall–Kier alpha value is -4.71. The molecule has 1 aromatic heterocycles. The van der Waals surface area contributed by atoms with Crippen molar-refractivity contribution < 1.29 is 28.7 Å². The van der Waals surface area contributed by atoms with Crippen LogP contribution in [0.2, 0.25) is 0 Å². The van der Waals surface area contributed by atoms with E-state index < -0.39 is 53.9 Å². The molecule has 0 bridgehead atoms. The quantitative estimate of drug-likeness (QED) is 0.226. The molecule has 0 saturated carbocycles. The number of benzene rings is 2. The number of carbonyl (C=O) groups excluding carboxylic acids is 5. The Kier molecular flexibility index (Phi) is 12.1. The Labute approximate surface area is 275 Å². The highest BCUT2D eigenvalue weighted by Gasteiger charge is 2.44. The second-order valence-corrected chi connectivity index (χ2v) is 12.5. The highest BCUT2D eigenvalue weighted by atomic mass is 16.5. The SMILES string of the molecule is CCC(C=O)NC(=O)[C@@H]1C[C@@H](OCc2cccc3ccccc23)CN1C(=O)[C@H](NC(=O)[C@H](NC(=O)c1cnccn1)C(C)C)C(C)C. The summed E-state index contributed by atoms with van der Waals surface area (Å²) >= 11 is 0. The summed E-state index contributed by atoms with van der Waals surface area (Å²) < 4.78 is 6.30. The molecule has 5 atom stereocenters. The first-order valence-electron chi connectivity index (χ1n) is 16.1. The van der Waals surface area contributed by atoms with E-state index in [1.165, 1.54) is 23.5 Å². The van der Waals surface area contributed by atoms with Crippen LogP contribution in [-0.4, -0.2) is 81.6 Å². The fourth-order valence-electron chi connectivity index (χ4n) is 5.65. The number of likely N-dealkylation sites (tertiary alicyclic amines) is 1. The van der Waals surface area contributed by atoms with Crippen LogP contribution in [0.1, 0.15) is 63.5 Å². The maximum Gasteiger partial charge on any atom is 0.272 e. The third-order valence-corrected chi connectivity index (χ3v) is 8.40. The van der Waals surface area contributed by atoms with Crippen molar-refractivity contribution >= 4 is 40.7 Å². The van der Waals surface area contributed by atoms with Gasteiger partial charge < -0.3 is 30.4 Å². The van der Waals surface area contributed by atoms with Crippen molar-refractivity contribution in [3.8, 4) is 0 Å².